The minimum Gasteiger partial charge on any atom is -0.393 e. The van der Waals surface area contributed by atoms with Crippen molar-refractivity contribution in [1.29, 1.82) is 0 Å². The molecule has 2 fully saturated rings. The number of rotatable bonds is 4. The molecule has 1 amide bonds. The van der Waals surface area contributed by atoms with Gasteiger partial charge in [0.2, 0.25) is 5.91 Å². The normalized spacial score (nSPS) is 30.3. The van der Waals surface area contributed by atoms with E-state index in [-0.39, 0.29) is 17.4 Å². The molecular formula is C15H28N2O2. The summed E-state index contributed by atoms with van der Waals surface area (Å²) in [5.41, 5.74) is 5.65. The first kappa shape index (κ1) is 14.8. The molecule has 0 saturated heterocycles. The quantitative estimate of drug-likeness (QED) is 0.760. The van der Waals surface area contributed by atoms with Crippen molar-refractivity contribution in [1.82, 2.24) is 4.90 Å². The second kappa shape index (κ2) is 6.23. The molecule has 0 aromatic rings. The SMILES string of the molecule is CN(CC1CC(O)C1)C(=O)C1(CN)CCCCCC1. The van der Waals surface area contributed by atoms with Crippen LogP contribution in [0.15, 0.2) is 0 Å². The van der Waals surface area contributed by atoms with Crippen LogP contribution in [0.5, 0.6) is 0 Å². The minimum atomic E-state index is -0.312. The van der Waals surface area contributed by atoms with Gasteiger partial charge in [-0.15, -0.1) is 0 Å². The maximum atomic E-state index is 12.7. The summed E-state index contributed by atoms with van der Waals surface area (Å²) in [7, 11) is 1.90. The van der Waals surface area contributed by atoms with Gasteiger partial charge in [-0.3, -0.25) is 4.79 Å². The van der Waals surface area contributed by atoms with Gasteiger partial charge >= 0.3 is 0 Å². The van der Waals surface area contributed by atoms with Crippen LogP contribution in [0.1, 0.15) is 51.4 Å². The van der Waals surface area contributed by atoms with Gasteiger partial charge in [0.1, 0.15) is 0 Å². The van der Waals surface area contributed by atoms with Crippen molar-refractivity contribution in [2.75, 3.05) is 20.1 Å². The molecule has 0 spiro atoms. The van der Waals surface area contributed by atoms with Crippen molar-refractivity contribution in [3.63, 3.8) is 0 Å². The van der Waals surface area contributed by atoms with Gasteiger partial charge in [-0.25, -0.2) is 0 Å². The Morgan fingerprint density at radius 1 is 1.26 bits per heavy atom. The molecule has 0 bridgehead atoms. The highest BCUT2D eigenvalue weighted by molar-refractivity contribution is 5.82. The highest BCUT2D eigenvalue weighted by Crippen LogP contribution is 2.36. The van der Waals surface area contributed by atoms with E-state index in [1.165, 1.54) is 12.8 Å². The molecule has 2 rings (SSSR count). The predicted molar refractivity (Wildman–Crippen MR) is 75.6 cm³/mol. The number of amides is 1. The van der Waals surface area contributed by atoms with Gasteiger partial charge in [-0.2, -0.15) is 0 Å². The molecule has 0 atom stereocenters. The summed E-state index contributed by atoms with van der Waals surface area (Å²) in [4.78, 5) is 14.6. The summed E-state index contributed by atoms with van der Waals surface area (Å²) in [5, 5.41) is 9.33. The van der Waals surface area contributed by atoms with Crippen LogP contribution in [0.4, 0.5) is 0 Å². The lowest BCUT2D eigenvalue weighted by molar-refractivity contribution is -0.142. The summed E-state index contributed by atoms with van der Waals surface area (Å²) >= 11 is 0. The molecule has 4 nitrogen and oxygen atoms in total. The molecular weight excluding hydrogens is 240 g/mol. The van der Waals surface area contributed by atoms with Crippen LogP contribution < -0.4 is 5.73 Å². The molecule has 2 aliphatic carbocycles. The Kier molecular flexibility index (Phi) is 4.85. The summed E-state index contributed by atoms with van der Waals surface area (Å²) in [6, 6.07) is 0. The maximum absolute atomic E-state index is 12.7. The van der Waals surface area contributed by atoms with Crippen molar-refractivity contribution < 1.29 is 9.90 Å². The van der Waals surface area contributed by atoms with E-state index in [0.29, 0.717) is 12.5 Å². The number of aliphatic hydroxyl groups excluding tert-OH is 1. The standard InChI is InChI=1S/C15H28N2O2/c1-17(10-12-8-13(18)9-12)14(19)15(11-16)6-4-2-3-5-7-15/h12-13,18H,2-11,16H2,1H3. The van der Waals surface area contributed by atoms with Crippen LogP contribution in [0.2, 0.25) is 0 Å². The second-order valence-electron chi connectivity index (χ2n) is 6.58. The molecule has 0 radical (unpaired) electrons. The average Bonchev–Trinajstić information content (AvgIpc) is 2.62. The molecule has 0 aromatic carbocycles. The Bertz CT molecular complexity index is 305. The van der Waals surface area contributed by atoms with Crippen LogP contribution in [-0.2, 0) is 4.79 Å². The number of nitrogens with two attached hydrogens (primary N) is 1. The number of aliphatic hydroxyl groups is 1. The number of hydrogen-bond acceptors (Lipinski definition) is 3. The Balaban J connectivity index is 1.94. The van der Waals surface area contributed by atoms with Gasteiger partial charge in [0.05, 0.1) is 11.5 Å². The third-order valence-electron chi connectivity index (χ3n) is 4.99. The Morgan fingerprint density at radius 2 is 1.84 bits per heavy atom. The first-order valence-electron chi connectivity index (χ1n) is 7.71. The smallest absolute Gasteiger partial charge is 0.229 e. The highest BCUT2D eigenvalue weighted by atomic mass is 16.3. The zero-order valence-electron chi connectivity index (χ0n) is 12.1. The summed E-state index contributed by atoms with van der Waals surface area (Å²) in [6.07, 6.45) is 8.13. The summed E-state index contributed by atoms with van der Waals surface area (Å²) in [6.45, 7) is 1.25. The highest BCUT2D eigenvalue weighted by Gasteiger charge is 2.40. The van der Waals surface area contributed by atoms with E-state index in [0.717, 1.165) is 45.1 Å². The largest absolute Gasteiger partial charge is 0.393 e. The third-order valence-corrected chi connectivity index (χ3v) is 4.99. The van der Waals surface area contributed by atoms with E-state index in [1.54, 1.807) is 0 Å². The molecule has 3 N–H and O–H groups in total. The number of hydrogen-bond donors (Lipinski definition) is 2. The number of carbonyl (C=O) groups excluding carboxylic acids is 1. The van der Waals surface area contributed by atoms with E-state index in [9.17, 15) is 9.90 Å². The molecule has 110 valence electrons. The fraction of sp³-hybridized carbons (Fsp3) is 0.933. The Labute approximate surface area is 116 Å². The molecule has 0 heterocycles. The average molecular weight is 268 g/mol. The topological polar surface area (TPSA) is 66.6 Å². The lowest BCUT2D eigenvalue weighted by Crippen LogP contribution is -2.49. The zero-order valence-corrected chi connectivity index (χ0v) is 12.1. The van der Waals surface area contributed by atoms with Gasteiger partial charge in [-0.05, 0) is 31.6 Å². The summed E-state index contributed by atoms with van der Waals surface area (Å²) < 4.78 is 0. The van der Waals surface area contributed by atoms with Crippen molar-refractivity contribution in [3.05, 3.63) is 0 Å². The predicted octanol–water partition coefficient (Wildman–Crippen LogP) is 1.51. The first-order chi connectivity index (χ1) is 9.07. The van der Waals surface area contributed by atoms with Crippen LogP contribution in [0, 0.1) is 11.3 Å². The molecule has 0 unspecified atom stereocenters. The second-order valence-corrected chi connectivity index (χ2v) is 6.58. The third kappa shape index (κ3) is 3.29. The Hall–Kier alpha value is -0.610. The molecule has 0 aromatic heterocycles. The van der Waals surface area contributed by atoms with E-state index in [4.69, 9.17) is 5.73 Å². The van der Waals surface area contributed by atoms with E-state index in [2.05, 4.69) is 0 Å². The van der Waals surface area contributed by atoms with Gasteiger partial charge in [0, 0.05) is 20.1 Å². The summed E-state index contributed by atoms with van der Waals surface area (Å²) in [5.74, 6) is 0.711. The molecule has 2 saturated carbocycles. The van der Waals surface area contributed by atoms with Crippen LogP contribution >= 0.6 is 0 Å². The molecule has 19 heavy (non-hydrogen) atoms. The van der Waals surface area contributed by atoms with Crippen molar-refractivity contribution in [2.24, 2.45) is 17.1 Å². The van der Waals surface area contributed by atoms with E-state index >= 15 is 0 Å². The van der Waals surface area contributed by atoms with Crippen molar-refractivity contribution in [3.8, 4) is 0 Å². The van der Waals surface area contributed by atoms with Gasteiger partial charge in [0.15, 0.2) is 0 Å². The number of nitrogens with zero attached hydrogens (tertiary/aromatic N) is 1. The van der Waals surface area contributed by atoms with Crippen LogP contribution in [0.3, 0.4) is 0 Å². The van der Waals surface area contributed by atoms with Gasteiger partial charge in [-0.1, -0.05) is 25.7 Å². The first-order valence-corrected chi connectivity index (χ1v) is 7.71. The monoisotopic (exact) mass is 268 g/mol. The maximum Gasteiger partial charge on any atom is 0.229 e. The van der Waals surface area contributed by atoms with Crippen LogP contribution in [-0.4, -0.2) is 42.2 Å². The van der Waals surface area contributed by atoms with E-state index in [1.807, 2.05) is 11.9 Å². The lowest BCUT2D eigenvalue weighted by atomic mass is 9.78. The van der Waals surface area contributed by atoms with Gasteiger partial charge in [0.25, 0.3) is 0 Å². The van der Waals surface area contributed by atoms with Gasteiger partial charge < -0.3 is 15.7 Å². The number of carbonyl (C=O) groups is 1. The lowest BCUT2D eigenvalue weighted by Gasteiger charge is -2.39. The zero-order chi connectivity index (χ0) is 13.9. The minimum absolute atomic E-state index is 0.144. The van der Waals surface area contributed by atoms with E-state index < -0.39 is 0 Å². The fourth-order valence-corrected chi connectivity index (χ4v) is 3.64. The molecule has 2 aliphatic rings. The molecule has 4 heteroatoms. The van der Waals surface area contributed by atoms with Crippen molar-refractivity contribution >= 4 is 5.91 Å². The van der Waals surface area contributed by atoms with Crippen LogP contribution in [0.25, 0.3) is 0 Å². The van der Waals surface area contributed by atoms with Crippen molar-refractivity contribution in [2.45, 2.75) is 57.5 Å². The molecule has 0 aliphatic heterocycles. The fourth-order valence-electron chi connectivity index (χ4n) is 3.64. The Morgan fingerprint density at radius 3 is 2.32 bits per heavy atom.